The first-order valence-electron chi connectivity index (χ1n) is 5.90. The van der Waals surface area contributed by atoms with Gasteiger partial charge in [0.1, 0.15) is 0 Å². The van der Waals surface area contributed by atoms with Crippen molar-refractivity contribution in [1.82, 2.24) is 15.3 Å². The van der Waals surface area contributed by atoms with Crippen LogP contribution in [0.15, 0.2) is 35.4 Å². The molecule has 20 heavy (non-hydrogen) atoms. The summed E-state index contributed by atoms with van der Waals surface area (Å²) in [5.41, 5.74) is 4.71. The Kier molecular flexibility index (Phi) is 4.65. The summed E-state index contributed by atoms with van der Waals surface area (Å²) >= 11 is 11.6. The van der Waals surface area contributed by atoms with E-state index in [9.17, 15) is 4.79 Å². The van der Waals surface area contributed by atoms with E-state index in [0.717, 1.165) is 11.1 Å². The Hall–Kier alpha value is -1.56. The first-order chi connectivity index (χ1) is 9.63. The van der Waals surface area contributed by atoms with Gasteiger partial charge in [-0.25, -0.2) is 5.48 Å². The third-order valence-electron chi connectivity index (χ3n) is 3.13. The van der Waals surface area contributed by atoms with Crippen LogP contribution in [0.25, 0.3) is 10.9 Å². The van der Waals surface area contributed by atoms with Crippen molar-refractivity contribution in [2.75, 3.05) is 5.88 Å². The van der Waals surface area contributed by atoms with Crippen LogP contribution in [-0.2, 0) is 0 Å². The molecule has 0 aliphatic rings. The topological polar surface area (TPSA) is 67.2 Å². The normalized spacial score (nSPS) is 13.5. The van der Waals surface area contributed by atoms with Crippen molar-refractivity contribution in [3.05, 3.63) is 41.1 Å². The van der Waals surface area contributed by atoms with Gasteiger partial charge in [0.25, 0.3) is 5.91 Å². The number of para-hydroxylation sites is 1. The summed E-state index contributed by atoms with van der Waals surface area (Å²) in [6.07, 6.45) is 0. The summed E-state index contributed by atoms with van der Waals surface area (Å²) in [4.78, 5) is 11.7. The summed E-state index contributed by atoms with van der Waals surface area (Å²) in [5.74, 6) is -0.394. The van der Waals surface area contributed by atoms with Gasteiger partial charge in [0, 0.05) is 16.8 Å². The van der Waals surface area contributed by atoms with E-state index in [2.05, 4.69) is 5.10 Å². The van der Waals surface area contributed by atoms with Crippen LogP contribution in [0, 0.1) is 0 Å². The number of rotatable bonds is 4. The van der Waals surface area contributed by atoms with E-state index in [-0.39, 0.29) is 17.6 Å². The van der Waals surface area contributed by atoms with E-state index in [0.29, 0.717) is 5.39 Å². The van der Waals surface area contributed by atoms with Crippen LogP contribution in [0.1, 0.15) is 23.5 Å². The zero-order chi connectivity index (χ0) is 14.7. The zero-order valence-electron chi connectivity index (χ0n) is 10.7. The van der Waals surface area contributed by atoms with E-state index >= 15 is 0 Å². The quantitative estimate of drug-likeness (QED) is 0.518. The molecule has 1 unspecified atom stereocenters. The maximum Gasteiger partial charge on any atom is 0.295 e. The zero-order valence-corrected chi connectivity index (χ0v) is 12.2. The van der Waals surface area contributed by atoms with Crippen molar-refractivity contribution in [3.63, 3.8) is 0 Å². The number of hydroxylamine groups is 1. The van der Waals surface area contributed by atoms with Gasteiger partial charge in [-0.15, -0.1) is 11.6 Å². The summed E-state index contributed by atoms with van der Waals surface area (Å²) in [7, 11) is 0. The second-order valence-corrected chi connectivity index (χ2v) is 4.73. The van der Waals surface area contributed by atoms with E-state index in [4.69, 9.17) is 28.4 Å². The summed E-state index contributed by atoms with van der Waals surface area (Å²) in [6, 6.07) is 7.05. The highest BCUT2D eigenvalue weighted by atomic mass is 35.5. The first-order valence-corrected chi connectivity index (χ1v) is 6.88. The Labute approximate surface area is 125 Å². The SMILES string of the molecule is CC(/C(=C\Cl)CCl)n1nc(C(=O)NO)c2ccccc21. The first kappa shape index (κ1) is 14.8. The Morgan fingerprint density at radius 3 is 2.85 bits per heavy atom. The lowest BCUT2D eigenvalue weighted by molar-refractivity contribution is 0.0701. The Morgan fingerprint density at radius 1 is 1.55 bits per heavy atom. The number of nitrogens with zero attached hydrogens (tertiary/aromatic N) is 2. The predicted octanol–water partition coefficient (Wildman–Crippen LogP) is 3.08. The number of carbonyl (C=O) groups is 1. The molecule has 1 aromatic carbocycles. The Bertz CT molecular complexity index is 667. The molecule has 0 saturated carbocycles. The highest BCUT2D eigenvalue weighted by molar-refractivity contribution is 6.27. The Morgan fingerprint density at radius 2 is 2.25 bits per heavy atom. The van der Waals surface area contributed by atoms with Gasteiger partial charge >= 0.3 is 0 Å². The number of hydrogen-bond acceptors (Lipinski definition) is 3. The van der Waals surface area contributed by atoms with Crippen molar-refractivity contribution >= 4 is 40.0 Å². The van der Waals surface area contributed by atoms with Gasteiger partial charge < -0.3 is 0 Å². The van der Waals surface area contributed by atoms with Gasteiger partial charge in [0.05, 0.1) is 11.6 Å². The number of alkyl halides is 1. The molecule has 1 aromatic heterocycles. The molecule has 0 aliphatic heterocycles. The number of allylic oxidation sites excluding steroid dienone is 1. The number of benzene rings is 1. The summed E-state index contributed by atoms with van der Waals surface area (Å²) < 4.78 is 1.66. The van der Waals surface area contributed by atoms with Crippen molar-refractivity contribution in [2.45, 2.75) is 13.0 Å². The maximum atomic E-state index is 11.7. The molecule has 106 valence electrons. The fourth-order valence-electron chi connectivity index (χ4n) is 1.99. The minimum atomic E-state index is -0.658. The number of amides is 1. The number of hydrogen-bond donors (Lipinski definition) is 2. The van der Waals surface area contributed by atoms with Crippen molar-refractivity contribution in [2.24, 2.45) is 0 Å². The molecule has 1 atom stereocenters. The molecule has 1 amide bonds. The molecular weight excluding hydrogens is 301 g/mol. The lowest BCUT2D eigenvalue weighted by Gasteiger charge is -2.14. The third-order valence-corrected chi connectivity index (χ3v) is 3.72. The highest BCUT2D eigenvalue weighted by Crippen LogP contribution is 2.26. The van der Waals surface area contributed by atoms with Crippen LogP contribution in [0.3, 0.4) is 0 Å². The number of nitrogens with one attached hydrogen (secondary N) is 1. The summed E-state index contributed by atoms with van der Waals surface area (Å²) in [5, 5.41) is 13.7. The van der Waals surface area contributed by atoms with E-state index < -0.39 is 5.91 Å². The van der Waals surface area contributed by atoms with Crippen LogP contribution in [0.4, 0.5) is 0 Å². The minimum absolute atomic E-state index is 0.151. The van der Waals surface area contributed by atoms with E-state index in [1.807, 2.05) is 19.1 Å². The number of carbonyl (C=O) groups excluding carboxylic acids is 1. The highest BCUT2D eigenvalue weighted by Gasteiger charge is 2.20. The van der Waals surface area contributed by atoms with Gasteiger partial charge in [-0.3, -0.25) is 14.7 Å². The number of halogens is 2. The number of aromatic nitrogens is 2. The van der Waals surface area contributed by atoms with Crippen molar-refractivity contribution in [3.8, 4) is 0 Å². The standard InChI is InChI=1S/C13H13Cl2N3O2/c1-8(9(6-14)7-15)18-11-5-3-2-4-10(11)12(16-18)13(19)17-20/h2-6,8,20H,7H2,1H3,(H,17,19)/b9-6-. The second kappa shape index (κ2) is 6.26. The minimum Gasteiger partial charge on any atom is -0.288 e. The largest absolute Gasteiger partial charge is 0.295 e. The molecule has 2 aromatic rings. The van der Waals surface area contributed by atoms with Crippen molar-refractivity contribution in [1.29, 1.82) is 0 Å². The molecule has 0 fully saturated rings. The third kappa shape index (κ3) is 2.52. The lowest BCUT2D eigenvalue weighted by Crippen LogP contribution is -2.20. The molecule has 2 N–H and O–H groups in total. The fraction of sp³-hybridized carbons (Fsp3) is 0.231. The van der Waals surface area contributed by atoms with Crippen molar-refractivity contribution < 1.29 is 10.0 Å². The maximum absolute atomic E-state index is 11.7. The fourth-order valence-corrected chi connectivity index (χ4v) is 2.63. The van der Waals surface area contributed by atoms with Gasteiger partial charge in [-0.2, -0.15) is 5.10 Å². The van der Waals surface area contributed by atoms with Gasteiger partial charge in [-0.1, -0.05) is 29.8 Å². The predicted molar refractivity (Wildman–Crippen MR) is 78.4 cm³/mol. The monoisotopic (exact) mass is 313 g/mol. The van der Waals surface area contributed by atoms with E-state index in [1.54, 1.807) is 22.3 Å². The molecule has 0 spiro atoms. The van der Waals surface area contributed by atoms with Gasteiger partial charge in [0.15, 0.2) is 5.69 Å². The molecule has 0 radical (unpaired) electrons. The molecular formula is C13H13Cl2N3O2. The van der Waals surface area contributed by atoms with Crippen LogP contribution in [0.2, 0.25) is 0 Å². The molecule has 2 rings (SSSR count). The molecule has 0 bridgehead atoms. The summed E-state index contributed by atoms with van der Waals surface area (Å²) in [6.45, 7) is 1.89. The van der Waals surface area contributed by atoms with Gasteiger partial charge in [0.2, 0.25) is 0 Å². The van der Waals surface area contributed by atoms with E-state index in [1.165, 1.54) is 5.54 Å². The average molecular weight is 314 g/mol. The average Bonchev–Trinajstić information content (AvgIpc) is 2.87. The molecule has 5 nitrogen and oxygen atoms in total. The Balaban J connectivity index is 2.63. The van der Waals surface area contributed by atoms with Crippen LogP contribution in [0.5, 0.6) is 0 Å². The smallest absolute Gasteiger partial charge is 0.288 e. The molecule has 0 aliphatic carbocycles. The second-order valence-electron chi connectivity index (χ2n) is 4.24. The molecule has 0 saturated heterocycles. The lowest BCUT2D eigenvalue weighted by atomic mass is 10.1. The van der Waals surface area contributed by atoms with Crippen LogP contribution < -0.4 is 5.48 Å². The molecule has 1 heterocycles. The van der Waals surface area contributed by atoms with Crippen LogP contribution >= 0.6 is 23.2 Å². The molecule has 7 heteroatoms. The van der Waals surface area contributed by atoms with Gasteiger partial charge in [-0.05, 0) is 18.6 Å². The van der Waals surface area contributed by atoms with Crippen LogP contribution in [-0.4, -0.2) is 26.8 Å². The number of fused-ring (bicyclic) bond motifs is 1.